The number of para-hydroxylation sites is 1. The maximum absolute atomic E-state index is 12.9. The molecule has 0 saturated heterocycles. The van der Waals surface area contributed by atoms with E-state index in [0.717, 1.165) is 28.8 Å². The van der Waals surface area contributed by atoms with Crippen LogP contribution in [0.3, 0.4) is 0 Å². The van der Waals surface area contributed by atoms with Crippen LogP contribution in [0.1, 0.15) is 16.7 Å². The Morgan fingerprint density at radius 1 is 1.14 bits per heavy atom. The molecule has 0 unspecified atom stereocenters. The molecule has 0 bridgehead atoms. The zero-order chi connectivity index (χ0) is 15.2. The highest BCUT2D eigenvalue weighted by atomic mass is 32.2. The molecule has 1 aliphatic rings. The number of rotatable bonds is 2. The summed E-state index contributed by atoms with van der Waals surface area (Å²) in [5, 5.41) is 0. The van der Waals surface area contributed by atoms with E-state index in [1.165, 1.54) is 4.31 Å². The molecule has 1 aliphatic heterocycles. The van der Waals surface area contributed by atoms with Gasteiger partial charge in [-0.05, 0) is 55.2 Å². The van der Waals surface area contributed by atoms with Crippen molar-refractivity contribution in [1.82, 2.24) is 0 Å². The zero-order valence-electron chi connectivity index (χ0n) is 12.1. The first-order valence-corrected chi connectivity index (χ1v) is 8.32. The highest BCUT2D eigenvalue weighted by Gasteiger charge is 2.31. The average Bonchev–Trinajstić information content (AvgIpc) is 2.88. The third-order valence-electron chi connectivity index (χ3n) is 4.11. The Hall–Kier alpha value is -2.01. The van der Waals surface area contributed by atoms with Crippen molar-refractivity contribution in [2.24, 2.45) is 0 Å². The molecule has 0 spiro atoms. The van der Waals surface area contributed by atoms with E-state index >= 15 is 0 Å². The summed E-state index contributed by atoms with van der Waals surface area (Å²) >= 11 is 0. The largest absolute Gasteiger partial charge is 0.398 e. The van der Waals surface area contributed by atoms with E-state index in [-0.39, 0.29) is 4.90 Å². The third kappa shape index (κ3) is 2.17. The van der Waals surface area contributed by atoms with Gasteiger partial charge in [-0.15, -0.1) is 0 Å². The molecule has 1 heterocycles. The molecular formula is C16H18N2O2S. The van der Waals surface area contributed by atoms with Crippen molar-refractivity contribution in [1.29, 1.82) is 0 Å². The molecule has 3 rings (SSSR count). The fourth-order valence-electron chi connectivity index (χ4n) is 2.69. The second kappa shape index (κ2) is 4.77. The molecule has 110 valence electrons. The molecule has 0 radical (unpaired) electrons. The van der Waals surface area contributed by atoms with Crippen molar-refractivity contribution in [3.8, 4) is 0 Å². The molecule has 2 aromatic carbocycles. The van der Waals surface area contributed by atoms with Crippen LogP contribution in [0.25, 0.3) is 0 Å². The Kier molecular flexibility index (Phi) is 3.17. The zero-order valence-corrected chi connectivity index (χ0v) is 12.9. The molecule has 0 saturated carbocycles. The smallest absolute Gasteiger partial charge is 0.264 e. The van der Waals surface area contributed by atoms with Crippen LogP contribution in [-0.4, -0.2) is 15.0 Å². The predicted octanol–water partition coefficient (Wildman–Crippen LogP) is 2.64. The Bertz CT molecular complexity index is 790. The van der Waals surface area contributed by atoms with Gasteiger partial charge in [-0.1, -0.05) is 18.2 Å². The van der Waals surface area contributed by atoms with E-state index in [9.17, 15) is 8.42 Å². The van der Waals surface area contributed by atoms with Gasteiger partial charge >= 0.3 is 0 Å². The van der Waals surface area contributed by atoms with E-state index < -0.39 is 10.0 Å². The van der Waals surface area contributed by atoms with Gasteiger partial charge in [-0.25, -0.2) is 8.42 Å². The Balaban J connectivity index is 2.11. The minimum atomic E-state index is -3.56. The van der Waals surface area contributed by atoms with Crippen molar-refractivity contribution in [2.45, 2.75) is 25.2 Å². The topological polar surface area (TPSA) is 63.4 Å². The Morgan fingerprint density at radius 2 is 1.86 bits per heavy atom. The van der Waals surface area contributed by atoms with Gasteiger partial charge in [0.1, 0.15) is 0 Å². The molecule has 0 aromatic heterocycles. The summed E-state index contributed by atoms with van der Waals surface area (Å²) in [7, 11) is -3.56. The van der Waals surface area contributed by atoms with E-state index in [2.05, 4.69) is 0 Å². The minimum absolute atomic E-state index is 0.264. The highest BCUT2D eigenvalue weighted by molar-refractivity contribution is 7.92. The number of nitrogen functional groups attached to an aromatic ring is 1. The molecule has 2 aromatic rings. The van der Waals surface area contributed by atoms with E-state index in [1.54, 1.807) is 12.1 Å². The number of anilines is 2. The molecule has 0 amide bonds. The maximum atomic E-state index is 12.9. The van der Waals surface area contributed by atoms with Gasteiger partial charge in [-0.2, -0.15) is 0 Å². The van der Waals surface area contributed by atoms with Crippen LogP contribution < -0.4 is 10.0 Å². The van der Waals surface area contributed by atoms with Gasteiger partial charge < -0.3 is 5.73 Å². The van der Waals surface area contributed by atoms with Crippen LogP contribution >= 0.6 is 0 Å². The normalized spacial score (nSPS) is 14.3. The lowest BCUT2D eigenvalue weighted by Gasteiger charge is -2.20. The van der Waals surface area contributed by atoms with E-state index in [0.29, 0.717) is 12.2 Å². The molecule has 5 heteroatoms. The fourth-order valence-corrected chi connectivity index (χ4v) is 4.31. The van der Waals surface area contributed by atoms with Crippen LogP contribution in [0.15, 0.2) is 41.3 Å². The lowest BCUT2D eigenvalue weighted by molar-refractivity contribution is 0.592. The number of sulfonamides is 1. The first-order valence-electron chi connectivity index (χ1n) is 6.88. The summed E-state index contributed by atoms with van der Waals surface area (Å²) in [6, 6.07) is 10.9. The van der Waals surface area contributed by atoms with Gasteiger partial charge in [0.15, 0.2) is 0 Å². The first-order chi connectivity index (χ1) is 9.91. The van der Waals surface area contributed by atoms with Gasteiger partial charge in [0.2, 0.25) is 0 Å². The molecule has 21 heavy (non-hydrogen) atoms. The van der Waals surface area contributed by atoms with Crippen molar-refractivity contribution < 1.29 is 8.42 Å². The minimum Gasteiger partial charge on any atom is -0.398 e. The number of benzene rings is 2. The molecular weight excluding hydrogens is 284 g/mol. The van der Waals surface area contributed by atoms with Crippen molar-refractivity contribution >= 4 is 21.4 Å². The van der Waals surface area contributed by atoms with Crippen LogP contribution in [0.4, 0.5) is 11.4 Å². The number of nitrogens with zero attached hydrogens (tertiary/aromatic N) is 1. The Labute approximate surface area is 125 Å². The maximum Gasteiger partial charge on any atom is 0.264 e. The summed E-state index contributed by atoms with van der Waals surface area (Å²) in [6.07, 6.45) is 0.746. The van der Waals surface area contributed by atoms with Crippen molar-refractivity contribution in [2.75, 3.05) is 16.6 Å². The summed E-state index contributed by atoms with van der Waals surface area (Å²) in [5.74, 6) is 0. The summed E-state index contributed by atoms with van der Waals surface area (Å²) in [4.78, 5) is 0.264. The third-order valence-corrected chi connectivity index (χ3v) is 5.90. The second-order valence-corrected chi connectivity index (χ2v) is 7.27. The number of hydrogen-bond donors (Lipinski definition) is 1. The van der Waals surface area contributed by atoms with Gasteiger partial charge in [-0.3, -0.25) is 4.31 Å². The fraction of sp³-hybridized carbons (Fsp3) is 0.250. The van der Waals surface area contributed by atoms with Crippen LogP contribution in [0, 0.1) is 13.8 Å². The molecule has 2 N–H and O–H groups in total. The quantitative estimate of drug-likeness (QED) is 0.867. The number of aryl methyl sites for hydroxylation is 1. The highest BCUT2D eigenvalue weighted by Crippen LogP contribution is 2.33. The molecule has 0 aliphatic carbocycles. The first kappa shape index (κ1) is 13.9. The standard InChI is InChI=1S/C16H18N2O2S/c1-11-9-14(10-15(17)12(11)2)21(19,20)18-8-7-13-5-3-4-6-16(13)18/h3-6,9-10H,7-8,17H2,1-2H3. The molecule has 4 nitrogen and oxygen atoms in total. The lowest BCUT2D eigenvalue weighted by Crippen LogP contribution is -2.29. The molecule has 0 atom stereocenters. The molecule has 0 fully saturated rings. The van der Waals surface area contributed by atoms with Gasteiger partial charge in [0.05, 0.1) is 10.6 Å². The van der Waals surface area contributed by atoms with Crippen LogP contribution in [-0.2, 0) is 16.4 Å². The summed E-state index contributed by atoms with van der Waals surface area (Å²) in [5.41, 5.74) is 10.1. The van der Waals surface area contributed by atoms with Crippen molar-refractivity contribution in [3.05, 3.63) is 53.1 Å². The van der Waals surface area contributed by atoms with E-state index in [1.807, 2.05) is 38.1 Å². The summed E-state index contributed by atoms with van der Waals surface area (Å²) < 4.78 is 27.2. The predicted molar refractivity (Wildman–Crippen MR) is 85.0 cm³/mol. The SMILES string of the molecule is Cc1cc(S(=O)(=O)N2CCc3ccccc32)cc(N)c1C. The van der Waals surface area contributed by atoms with Crippen LogP contribution in [0.5, 0.6) is 0 Å². The average molecular weight is 302 g/mol. The van der Waals surface area contributed by atoms with Gasteiger partial charge in [0, 0.05) is 12.2 Å². The van der Waals surface area contributed by atoms with Crippen LogP contribution in [0.2, 0.25) is 0 Å². The van der Waals surface area contributed by atoms with Gasteiger partial charge in [0.25, 0.3) is 10.0 Å². The Morgan fingerprint density at radius 3 is 2.57 bits per heavy atom. The summed E-state index contributed by atoms with van der Waals surface area (Å²) in [6.45, 7) is 4.25. The van der Waals surface area contributed by atoms with Crippen molar-refractivity contribution in [3.63, 3.8) is 0 Å². The number of nitrogens with two attached hydrogens (primary N) is 1. The second-order valence-electron chi connectivity index (χ2n) is 5.41. The van der Waals surface area contributed by atoms with E-state index in [4.69, 9.17) is 5.73 Å². The lowest BCUT2D eigenvalue weighted by atomic mass is 10.1. The monoisotopic (exact) mass is 302 g/mol. The number of fused-ring (bicyclic) bond motifs is 1. The number of hydrogen-bond acceptors (Lipinski definition) is 3.